The van der Waals surface area contributed by atoms with E-state index in [9.17, 15) is 22.4 Å². The number of ether oxygens (including phenoxy) is 1. The number of nitrogens with zero attached hydrogens (tertiary/aromatic N) is 1. The summed E-state index contributed by atoms with van der Waals surface area (Å²) in [6.07, 6.45) is -3.84. The van der Waals surface area contributed by atoms with Crippen molar-refractivity contribution in [2.24, 2.45) is 0 Å². The molecular formula is C12H14F4N2O2. The van der Waals surface area contributed by atoms with Crippen LogP contribution in [0.3, 0.4) is 0 Å². The zero-order valence-corrected chi connectivity index (χ0v) is 10.9. The fourth-order valence-corrected chi connectivity index (χ4v) is 1.29. The van der Waals surface area contributed by atoms with Crippen LogP contribution in [0.5, 0.6) is 5.75 Å². The van der Waals surface area contributed by atoms with E-state index in [1.807, 2.05) is 0 Å². The topological polar surface area (TPSA) is 55.6 Å². The number of halogens is 4. The highest BCUT2D eigenvalue weighted by Gasteiger charge is 2.41. The predicted molar refractivity (Wildman–Crippen MR) is 65.3 cm³/mol. The van der Waals surface area contributed by atoms with Gasteiger partial charge in [0.05, 0.1) is 5.69 Å². The first-order chi connectivity index (χ1) is 9.15. The summed E-state index contributed by atoms with van der Waals surface area (Å²) in [7, 11) is 3.01. The van der Waals surface area contributed by atoms with Gasteiger partial charge in [0.1, 0.15) is 5.75 Å². The highest BCUT2D eigenvalue weighted by molar-refractivity contribution is 5.94. The number of carbonyl (C=O) groups excluding carboxylic acids is 1. The highest BCUT2D eigenvalue weighted by atomic mass is 19.3. The van der Waals surface area contributed by atoms with Crippen LogP contribution >= 0.6 is 0 Å². The van der Waals surface area contributed by atoms with Crippen molar-refractivity contribution in [1.29, 1.82) is 0 Å². The molecule has 0 radical (unpaired) electrons. The fraction of sp³-hybridized carbons (Fsp3) is 0.417. The van der Waals surface area contributed by atoms with Gasteiger partial charge in [-0.1, -0.05) is 0 Å². The normalized spacial score (nSPS) is 11.6. The first kappa shape index (κ1) is 16.1. The van der Waals surface area contributed by atoms with E-state index in [0.717, 1.165) is 6.07 Å². The van der Waals surface area contributed by atoms with Crippen LogP contribution in [0.1, 0.15) is 10.4 Å². The number of benzene rings is 1. The average molecular weight is 294 g/mol. The Kier molecular flexibility index (Phi) is 4.80. The number of nitrogen functional groups attached to an aromatic ring is 1. The van der Waals surface area contributed by atoms with E-state index in [-0.39, 0.29) is 17.0 Å². The number of hydrogen-bond donors (Lipinski definition) is 1. The monoisotopic (exact) mass is 294 g/mol. The van der Waals surface area contributed by atoms with Gasteiger partial charge in [-0.3, -0.25) is 4.79 Å². The molecule has 112 valence electrons. The van der Waals surface area contributed by atoms with Crippen molar-refractivity contribution in [2.75, 3.05) is 26.4 Å². The van der Waals surface area contributed by atoms with E-state index in [1.54, 1.807) is 0 Å². The van der Waals surface area contributed by atoms with Gasteiger partial charge < -0.3 is 15.4 Å². The van der Waals surface area contributed by atoms with Crippen LogP contribution in [-0.2, 0) is 0 Å². The molecule has 1 aromatic carbocycles. The number of hydrogen-bond acceptors (Lipinski definition) is 3. The summed E-state index contributed by atoms with van der Waals surface area (Å²) < 4.78 is 54.1. The SMILES string of the molecule is CN(C)C(=O)c1ccc(N)c(OCC(F)(F)C(F)F)c1. The lowest BCUT2D eigenvalue weighted by molar-refractivity contribution is -0.148. The van der Waals surface area contributed by atoms with Crippen LogP contribution in [0.2, 0.25) is 0 Å². The summed E-state index contributed by atoms with van der Waals surface area (Å²) >= 11 is 0. The fourth-order valence-electron chi connectivity index (χ4n) is 1.29. The quantitative estimate of drug-likeness (QED) is 0.669. The van der Waals surface area contributed by atoms with Crippen molar-refractivity contribution < 1.29 is 27.1 Å². The number of carbonyl (C=O) groups is 1. The van der Waals surface area contributed by atoms with Crippen LogP contribution < -0.4 is 10.5 Å². The molecule has 0 bridgehead atoms. The van der Waals surface area contributed by atoms with Gasteiger partial charge in [0.2, 0.25) is 0 Å². The largest absolute Gasteiger partial charge is 0.485 e. The van der Waals surface area contributed by atoms with Gasteiger partial charge in [-0.25, -0.2) is 8.78 Å². The van der Waals surface area contributed by atoms with Crippen LogP contribution in [0.4, 0.5) is 23.2 Å². The molecule has 0 saturated heterocycles. The Morgan fingerprint density at radius 1 is 1.40 bits per heavy atom. The van der Waals surface area contributed by atoms with Crippen LogP contribution in [0.25, 0.3) is 0 Å². The standard InChI is InChI=1S/C12H14F4N2O2/c1-18(2)10(19)7-3-4-8(17)9(5-7)20-6-12(15,16)11(13)14/h3-5,11H,6,17H2,1-2H3. The van der Waals surface area contributed by atoms with Crippen molar-refractivity contribution in [1.82, 2.24) is 4.90 Å². The van der Waals surface area contributed by atoms with E-state index in [1.165, 1.54) is 31.1 Å². The van der Waals surface area contributed by atoms with Crippen LogP contribution in [0, 0.1) is 0 Å². The maximum Gasteiger partial charge on any atom is 0.340 e. The highest BCUT2D eigenvalue weighted by Crippen LogP contribution is 2.28. The van der Waals surface area contributed by atoms with Gasteiger partial charge in [0.25, 0.3) is 5.91 Å². The summed E-state index contributed by atoms with van der Waals surface area (Å²) in [6.45, 7) is -1.52. The molecule has 1 aromatic rings. The van der Waals surface area contributed by atoms with Gasteiger partial charge in [0.15, 0.2) is 6.61 Å². The lowest BCUT2D eigenvalue weighted by Crippen LogP contribution is -2.34. The van der Waals surface area contributed by atoms with Gasteiger partial charge in [-0.15, -0.1) is 0 Å². The molecule has 0 aliphatic heterocycles. The number of anilines is 1. The summed E-state index contributed by atoms with van der Waals surface area (Å²) in [6, 6.07) is 3.81. The molecule has 0 atom stereocenters. The number of alkyl halides is 4. The van der Waals surface area contributed by atoms with Gasteiger partial charge in [-0.2, -0.15) is 8.78 Å². The maximum atomic E-state index is 12.8. The van der Waals surface area contributed by atoms with E-state index in [0.29, 0.717) is 0 Å². The van der Waals surface area contributed by atoms with Gasteiger partial charge >= 0.3 is 12.3 Å². The summed E-state index contributed by atoms with van der Waals surface area (Å²) in [4.78, 5) is 12.9. The summed E-state index contributed by atoms with van der Waals surface area (Å²) in [5, 5.41) is 0. The van der Waals surface area contributed by atoms with Crippen molar-refractivity contribution >= 4 is 11.6 Å². The molecule has 8 heteroatoms. The Bertz CT molecular complexity index is 492. The minimum Gasteiger partial charge on any atom is -0.485 e. The van der Waals surface area contributed by atoms with Crippen molar-refractivity contribution in [2.45, 2.75) is 12.3 Å². The molecule has 0 aliphatic rings. The zero-order valence-electron chi connectivity index (χ0n) is 10.9. The second kappa shape index (κ2) is 5.98. The Morgan fingerprint density at radius 3 is 2.50 bits per heavy atom. The summed E-state index contributed by atoms with van der Waals surface area (Å²) in [5.41, 5.74) is 5.62. The molecule has 0 saturated carbocycles. The molecule has 1 amide bonds. The smallest absolute Gasteiger partial charge is 0.340 e. The van der Waals surface area contributed by atoms with Crippen molar-refractivity contribution in [3.8, 4) is 5.75 Å². The van der Waals surface area contributed by atoms with E-state index in [2.05, 4.69) is 4.74 Å². The number of nitrogens with two attached hydrogens (primary N) is 1. The molecule has 0 aliphatic carbocycles. The van der Waals surface area contributed by atoms with E-state index in [4.69, 9.17) is 5.73 Å². The molecule has 4 nitrogen and oxygen atoms in total. The third-order valence-corrected chi connectivity index (χ3v) is 2.41. The Balaban J connectivity index is 2.90. The lowest BCUT2D eigenvalue weighted by Gasteiger charge is -2.17. The predicted octanol–water partition coefficient (Wildman–Crippen LogP) is 2.25. The number of rotatable bonds is 5. The van der Waals surface area contributed by atoms with Crippen LogP contribution in [0.15, 0.2) is 18.2 Å². The van der Waals surface area contributed by atoms with Crippen molar-refractivity contribution in [3.05, 3.63) is 23.8 Å². The van der Waals surface area contributed by atoms with E-state index < -0.39 is 24.9 Å². The third-order valence-electron chi connectivity index (χ3n) is 2.41. The maximum absolute atomic E-state index is 12.8. The van der Waals surface area contributed by atoms with Crippen LogP contribution in [-0.4, -0.2) is 43.9 Å². The molecule has 0 spiro atoms. The van der Waals surface area contributed by atoms with Gasteiger partial charge in [-0.05, 0) is 18.2 Å². The minimum atomic E-state index is -4.28. The number of amides is 1. The molecule has 1 rings (SSSR count). The Morgan fingerprint density at radius 2 is 2.00 bits per heavy atom. The molecule has 0 heterocycles. The Labute approximate surface area is 113 Å². The molecule has 0 aromatic heterocycles. The molecule has 2 N–H and O–H groups in total. The first-order valence-electron chi connectivity index (χ1n) is 5.55. The second-order valence-corrected chi connectivity index (χ2v) is 4.30. The zero-order chi connectivity index (χ0) is 15.5. The van der Waals surface area contributed by atoms with Gasteiger partial charge in [0, 0.05) is 19.7 Å². The molecule has 0 unspecified atom stereocenters. The van der Waals surface area contributed by atoms with E-state index >= 15 is 0 Å². The summed E-state index contributed by atoms with van der Waals surface area (Å²) in [5.74, 6) is -4.91. The second-order valence-electron chi connectivity index (χ2n) is 4.30. The first-order valence-corrected chi connectivity index (χ1v) is 5.55. The molecule has 0 fully saturated rings. The lowest BCUT2D eigenvalue weighted by atomic mass is 10.1. The molecular weight excluding hydrogens is 280 g/mol. The Hall–Kier alpha value is -1.99. The molecule has 20 heavy (non-hydrogen) atoms. The van der Waals surface area contributed by atoms with Crippen molar-refractivity contribution in [3.63, 3.8) is 0 Å². The third kappa shape index (κ3) is 3.75. The average Bonchev–Trinajstić information content (AvgIpc) is 2.36. The minimum absolute atomic E-state index is 0.0228.